The highest BCUT2D eigenvalue weighted by Gasteiger charge is 2.21. The molecule has 0 spiro atoms. The quantitative estimate of drug-likeness (QED) is 0.866. The van der Waals surface area contributed by atoms with Gasteiger partial charge in [0.05, 0.1) is 12.2 Å². The van der Waals surface area contributed by atoms with E-state index in [1.165, 1.54) is 0 Å². The van der Waals surface area contributed by atoms with E-state index >= 15 is 0 Å². The maximum Gasteiger partial charge on any atom is 0.0931 e. The summed E-state index contributed by atoms with van der Waals surface area (Å²) in [7, 11) is 0. The molecule has 1 fully saturated rings. The zero-order valence-electron chi connectivity index (χ0n) is 12.2. The van der Waals surface area contributed by atoms with Gasteiger partial charge in [-0.05, 0) is 25.1 Å². The van der Waals surface area contributed by atoms with Gasteiger partial charge in [0, 0.05) is 54.9 Å². The zero-order chi connectivity index (χ0) is 15.4. The Labute approximate surface area is 135 Å². The molecule has 2 atom stereocenters. The van der Waals surface area contributed by atoms with Crippen LogP contribution in [-0.4, -0.2) is 65.4 Å². The van der Waals surface area contributed by atoms with E-state index in [2.05, 4.69) is 9.80 Å². The SMILES string of the molecule is CC(O)CN1CCN(CC(O)c2cc(Cl)ccc2Cl)CC1. The summed E-state index contributed by atoms with van der Waals surface area (Å²) in [5.74, 6) is 0. The number of halogens is 2. The highest BCUT2D eigenvalue weighted by molar-refractivity contribution is 6.33. The number of hydrogen-bond donors (Lipinski definition) is 2. The maximum atomic E-state index is 10.4. The summed E-state index contributed by atoms with van der Waals surface area (Å²) in [5, 5.41) is 20.9. The fraction of sp³-hybridized carbons (Fsp3) is 0.600. The summed E-state index contributed by atoms with van der Waals surface area (Å²) >= 11 is 12.1. The average Bonchev–Trinajstić information content (AvgIpc) is 2.43. The fourth-order valence-electron chi connectivity index (χ4n) is 2.64. The number of β-amino-alcohol motifs (C(OH)–C–C–N with tert-alkyl or cyclic N) is 2. The molecule has 1 aromatic rings. The van der Waals surface area contributed by atoms with E-state index in [1.54, 1.807) is 25.1 Å². The normalized spacial score (nSPS) is 20.4. The highest BCUT2D eigenvalue weighted by Crippen LogP contribution is 2.27. The fourth-order valence-corrected chi connectivity index (χ4v) is 3.07. The van der Waals surface area contributed by atoms with Crippen LogP contribution in [0.4, 0.5) is 0 Å². The molecule has 2 unspecified atom stereocenters. The lowest BCUT2D eigenvalue weighted by Crippen LogP contribution is -2.49. The molecule has 1 aromatic carbocycles. The molecular formula is C15H22Cl2N2O2. The van der Waals surface area contributed by atoms with Crippen LogP contribution in [0.15, 0.2) is 18.2 Å². The highest BCUT2D eigenvalue weighted by atomic mass is 35.5. The minimum atomic E-state index is -0.639. The van der Waals surface area contributed by atoms with Crippen molar-refractivity contribution in [3.05, 3.63) is 33.8 Å². The largest absolute Gasteiger partial charge is 0.392 e. The molecule has 2 N–H and O–H groups in total. The van der Waals surface area contributed by atoms with Crippen molar-refractivity contribution >= 4 is 23.2 Å². The van der Waals surface area contributed by atoms with Crippen LogP contribution in [0.5, 0.6) is 0 Å². The van der Waals surface area contributed by atoms with E-state index in [0.29, 0.717) is 28.7 Å². The molecule has 1 heterocycles. The predicted octanol–water partition coefficient (Wildman–Crippen LogP) is 2.03. The van der Waals surface area contributed by atoms with Gasteiger partial charge >= 0.3 is 0 Å². The molecule has 1 saturated heterocycles. The summed E-state index contributed by atoms with van der Waals surface area (Å²) < 4.78 is 0. The number of benzene rings is 1. The predicted molar refractivity (Wildman–Crippen MR) is 86.0 cm³/mol. The summed E-state index contributed by atoms with van der Waals surface area (Å²) in [6, 6.07) is 5.15. The van der Waals surface area contributed by atoms with Crippen LogP contribution in [0.2, 0.25) is 10.0 Å². The smallest absolute Gasteiger partial charge is 0.0931 e. The van der Waals surface area contributed by atoms with Gasteiger partial charge in [-0.2, -0.15) is 0 Å². The Kier molecular flexibility index (Phi) is 6.29. The van der Waals surface area contributed by atoms with Crippen LogP contribution < -0.4 is 0 Å². The summed E-state index contributed by atoms with van der Waals surface area (Å²) in [6.07, 6.45) is -0.938. The first-order valence-electron chi connectivity index (χ1n) is 7.21. The molecule has 21 heavy (non-hydrogen) atoms. The van der Waals surface area contributed by atoms with Crippen molar-refractivity contribution in [1.82, 2.24) is 9.80 Å². The molecule has 0 radical (unpaired) electrons. The molecule has 1 aliphatic rings. The second kappa shape index (κ2) is 7.77. The standard InChI is InChI=1S/C15H22Cl2N2O2/c1-11(20)9-18-4-6-19(7-5-18)10-15(21)13-8-12(16)2-3-14(13)17/h2-3,8,11,15,20-21H,4-7,9-10H2,1H3. The number of nitrogens with zero attached hydrogens (tertiary/aromatic N) is 2. The van der Waals surface area contributed by atoms with Crippen molar-refractivity contribution in [2.45, 2.75) is 19.1 Å². The lowest BCUT2D eigenvalue weighted by atomic mass is 10.1. The molecule has 2 rings (SSSR count). The van der Waals surface area contributed by atoms with Gasteiger partial charge in [0.2, 0.25) is 0 Å². The minimum Gasteiger partial charge on any atom is -0.392 e. The first-order valence-corrected chi connectivity index (χ1v) is 7.97. The first-order chi connectivity index (χ1) is 9.95. The van der Waals surface area contributed by atoms with Crippen LogP contribution in [0, 0.1) is 0 Å². The van der Waals surface area contributed by atoms with Crippen molar-refractivity contribution in [1.29, 1.82) is 0 Å². The van der Waals surface area contributed by atoms with Gasteiger partial charge in [0.15, 0.2) is 0 Å². The van der Waals surface area contributed by atoms with Crippen LogP contribution in [0.1, 0.15) is 18.6 Å². The van der Waals surface area contributed by atoms with Crippen LogP contribution in [0.3, 0.4) is 0 Å². The maximum absolute atomic E-state index is 10.4. The van der Waals surface area contributed by atoms with Crippen LogP contribution >= 0.6 is 23.2 Å². The van der Waals surface area contributed by atoms with Gasteiger partial charge in [-0.15, -0.1) is 0 Å². The van der Waals surface area contributed by atoms with Crippen molar-refractivity contribution in [3.63, 3.8) is 0 Å². The molecule has 118 valence electrons. The Morgan fingerprint density at radius 2 is 1.62 bits per heavy atom. The second-order valence-corrected chi connectivity index (χ2v) is 6.48. The Morgan fingerprint density at radius 1 is 1.05 bits per heavy atom. The summed E-state index contributed by atoms with van der Waals surface area (Å²) in [4.78, 5) is 4.44. The molecule has 6 heteroatoms. The Balaban J connectivity index is 1.87. The van der Waals surface area contributed by atoms with Gasteiger partial charge in [-0.1, -0.05) is 23.2 Å². The first kappa shape index (κ1) is 17.0. The third-order valence-corrected chi connectivity index (χ3v) is 4.31. The molecular weight excluding hydrogens is 311 g/mol. The third-order valence-electron chi connectivity index (χ3n) is 3.74. The van der Waals surface area contributed by atoms with E-state index < -0.39 is 6.10 Å². The molecule has 1 aliphatic heterocycles. The van der Waals surface area contributed by atoms with Crippen LogP contribution in [-0.2, 0) is 0 Å². The van der Waals surface area contributed by atoms with Gasteiger partial charge in [0.1, 0.15) is 0 Å². The number of aliphatic hydroxyl groups is 2. The zero-order valence-corrected chi connectivity index (χ0v) is 13.7. The van der Waals surface area contributed by atoms with Crippen molar-refractivity contribution < 1.29 is 10.2 Å². The molecule has 0 saturated carbocycles. The molecule has 0 amide bonds. The van der Waals surface area contributed by atoms with Gasteiger partial charge in [0.25, 0.3) is 0 Å². The van der Waals surface area contributed by atoms with Gasteiger partial charge in [-0.25, -0.2) is 0 Å². The van der Waals surface area contributed by atoms with E-state index in [0.717, 1.165) is 26.2 Å². The average molecular weight is 333 g/mol. The van der Waals surface area contributed by atoms with Gasteiger partial charge < -0.3 is 10.2 Å². The van der Waals surface area contributed by atoms with E-state index in [4.69, 9.17) is 23.2 Å². The lowest BCUT2D eigenvalue weighted by Gasteiger charge is -2.36. The number of aliphatic hydroxyl groups excluding tert-OH is 2. The lowest BCUT2D eigenvalue weighted by molar-refractivity contribution is 0.0527. The monoisotopic (exact) mass is 332 g/mol. The van der Waals surface area contributed by atoms with E-state index in [9.17, 15) is 10.2 Å². The van der Waals surface area contributed by atoms with Crippen LogP contribution in [0.25, 0.3) is 0 Å². The number of piperazine rings is 1. The number of hydrogen-bond acceptors (Lipinski definition) is 4. The van der Waals surface area contributed by atoms with Crippen molar-refractivity contribution in [2.75, 3.05) is 39.3 Å². The van der Waals surface area contributed by atoms with Crippen molar-refractivity contribution in [2.24, 2.45) is 0 Å². The third kappa shape index (κ3) is 5.09. The van der Waals surface area contributed by atoms with Crippen molar-refractivity contribution in [3.8, 4) is 0 Å². The Hall–Kier alpha value is -0.360. The topological polar surface area (TPSA) is 46.9 Å². The molecule has 0 bridgehead atoms. The Bertz CT molecular complexity index is 463. The minimum absolute atomic E-state index is 0.299. The Morgan fingerprint density at radius 3 is 2.19 bits per heavy atom. The molecule has 4 nitrogen and oxygen atoms in total. The van der Waals surface area contributed by atoms with Gasteiger partial charge in [-0.3, -0.25) is 9.80 Å². The summed E-state index contributed by atoms with van der Waals surface area (Å²) in [5.41, 5.74) is 0.676. The summed E-state index contributed by atoms with van der Waals surface area (Å²) in [6.45, 7) is 6.61. The molecule has 0 aliphatic carbocycles. The van der Waals surface area contributed by atoms with E-state index in [1.807, 2.05) is 0 Å². The molecule has 0 aromatic heterocycles. The van der Waals surface area contributed by atoms with E-state index in [-0.39, 0.29) is 6.10 Å². The number of rotatable bonds is 5. The second-order valence-electron chi connectivity index (χ2n) is 5.63.